The number of hydrogen-bond donors (Lipinski definition) is 2. The quantitative estimate of drug-likeness (QED) is 0.772. The Morgan fingerprint density at radius 3 is 2.71 bits per heavy atom. The minimum absolute atomic E-state index is 0.133. The predicted molar refractivity (Wildman–Crippen MR) is 75.6 cm³/mol. The number of aliphatic carboxylic acids is 1. The van der Waals surface area contributed by atoms with E-state index >= 15 is 0 Å². The molecule has 0 spiro atoms. The molecule has 116 valence electrons. The number of carbonyl (C=O) groups is 2. The molecule has 2 N–H and O–H groups in total. The van der Waals surface area contributed by atoms with Gasteiger partial charge in [0.05, 0.1) is 6.42 Å². The van der Waals surface area contributed by atoms with E-state index in [2.05, 4.69) is 5.32 Å². The average molecular weight is 297 g/mol. The highest BCUT2D eigenvalue weighted by Crippen LogP contribution is 2.14. The van der Waals surface area contributed by atoms with Crippen molar-refractivity contribution in [1.82, 2.24) is 5.32 Å². The van der Waals surface area contributed by atoms with Crippen LogP contribution in [0.15, 0.2) is 24.3 Å². The van der Waals surface area contributed by atoms with Gasteiger partial charge in [0.25, 0.3) is 5.91 Å². The molecule has 0 saturated carbocycles. The van der Waals surface area contributed by atoms with Crippen molar-refractivity contribution in [2.24, 2.45) is 0 Å². The van der Waals surface area contributed by atoms with E-state index in [0.29, 0.717) is 6.42 Å². The van der Waals surface area contributed by atoms with Gasteiger partial charge in [-0.15, -0.1) is 0 Å². The van der Waals surface area contributed by atoms with Gasteiger partial charge in [-0.2, -0.15) is 0 Å². The summed E-state index contributed by atoms with van der Waals surface area (Å²) in [7, 11) is 0. The largest absolute Gasteiger partial charge is 0.481 e. The molecule has 0 aliphatic rings. The highest BCUT2D eigenvalue weighted by atomic mass is 19.1. The van der Waals surface area contributed by atoms with Crippen LogP contribution in [0, 0.1) is 5.82 Å². The molecular formula is C15H20FNO4. The van der Waals surface area contributed by atoms with Crippen LogP contribution in [0.5, 0.6) is 5.75 Å². The summed E-state index contributed by atoms with van der Waals surface area (Å²) in [4.78, 5) is 22.7. The van der Waals surface area contributed by atoms with Crippen molar-refractivity contribution in [2.75, 3.05) is 0 Å². The molecular weight excluding hydrogens is 277 g/mol. The van der Waals surface area contributed by atoms with E-state index in [9.17, 15) is 14.0 Å². The highest BCUT2D eigenvalue weighted by molar-refractivity contribution is 5.81. The fourth-order valence-electron chi connectivity index (χ4n) is 1.90. The minimum Gasteiger partial charge on any atom is -0.481 e. The zero-order chi connectivity index (χ0) is 15.8. The summed E-state index contributed by atoms with van der Waals surface area (Å²) < 4.78 is 18.4. The van der Waals surface area contributed by atoms with Gasteiger partial charge >= 0.3 is 5.97 Å². The summed E-state index contributed by atoms with van der Waals surface area (Å²) in [5, 5.41) is 11.4. The van der Waals surface area contributed by atoms with Crippen LogP contribution in [0.25, 0.3) is 0 Å². The Morgan fingerprint density at radius 2 is 2.14 bits per heavy atom. The van der Waals surface area contributed by atoms with Crippen LogP contribution >= 0.6 is 0 Å². The number of ether oxygens (including phenoxy) is 1. The molecule has 1 amide bonds. The molecule has 0 aliphatic carbocycles. The molecule has 1 aromatic carbocycles. The third-order valence-electron chi connectivity index (χ3n) is 2.88. The van der Waals surface area contributed by atoms with Gasteiger partial charge in [-0.1, -0.05) is 19.4 Å². The number of halogens is 1. The predicted octanol–water partition coefficient (Wildman–Crippen LogP) is 2.35. The van der Waals surface area contributed by atoms with Crippen LogP contribution in [0.3, 0.4) is 0 Å². The second kappa shape index (κ2) is 8.24. The molecule has 1 aromatic rings. The fraction of sp³-hybridized carbons (Fsp3) is 0.467. The number of benzene rings is 1. The topological polar surface area (TPSA) is 75.6 Å². The summed E-state index contributed by atoms with van der Waals surface area (Å²) in [6.07, 6.45) is 0.369. The van der Waals surface area contributed by atoms with Gasteiger partial charge in [0, 0.05) is 12.1 Å². The molecule has 0 heterocycles. The van der Waals surface area contributed by atoms with Crippen molar-refractivity contribution in [3.63, 3.8) is 0 Å². The van der Waals surface area contributed by atoms with Gasteiger partial charge in [-0.3, -0.25) is 9.59 Å². The standard InChI is InChI=1S/C15H20FNO4/c1-3-5-12(9-14(18)19)17-15(20)10(2)21-13-7-4-6-11(16)8-13/h4,6-8,10,12H,3,5,9H2,1-2H3,(H,17,20)(H,18,19). The van der Waals surface area contributed by atoms with Crippen molar-refractivity contribution in [2.45, 2.75) is 45.3 Å². The maximum Gasteiger partial charge on any atom is 0.305 e. The summed E-state index contributed by atoms with van der Waals surface area (Å²) in [6.45, 7) is 3.44. The molecule has 2 atom stereocenters. The maximum atomic E-state index is 13.0. The first-order valence-corrected chi connectivity index (χ1v) is 6.86. The van der Waals surface area contributed by atoms with Gasteiger partial charge in [0.2, 0.25) is 0 Å². The van der Waals surface area contributed by atoms with Gasteiger partial charge in [-0.25, -0.2) is 4.39 Å². The molecule has 5 nitrogen and oxygen atoms in total. The number of amides is 1. The Balaban J connectivity index is 2.58. The average Bonchev–Trinajstić information content (AvgIpc) is 2.38. The van der Waals surface area contributed by atoms with Crippen LogP contribution in [0.2, 0.25) is 0 Å². The Labute approximate surface area is 123 Å². The van der Waals surface area contributed by atoms with E-state index in [1.807, 2.05) is 6.92 Å². The van der Waals surface area contributed by atoms with E-state index in [1.54, 1.807) is 6.07 Å². The van der Waals surface area contributed by atoms with Gasteiger partial charge in [-0.05, 0) is 25.5 Å². The number of carbonyl (C=O) groups excluding carboxylic acids is 1. The van der Waals surface area contributed by atoms with Crippen LogP contribution in [-0.2, 0) is 9.59 Å². The van der Waals surface area contributed by atoms with Crippen LogP contribution in [0.4, 0.5) is 4.39 Å². The third kappa shape index (κ3) is 6.25. The number of hydrogen-bond acceptors (Lipinski definition) is 3. The first-order chi connectivity index (χ1) is 9.92. The Morgan fingerprint density at radius 1 is 1.43 bits per heavy atom. The van der Waals surface area contributed by atoms with Gasteiger partial charge in [0.1, 0.15) is 11.6 Å². The molecule has 6 heteroatoms. The Bertz CT molecular complexity index is 492. The fourth-order valence-corrected chi connectivity index (χ4v) is 1.90. The van der Waals surface area contributed by atoms with Crippen molar-refractivity contribution >= 4 is 11.9 Å². The number of nitrogens with one attached hydrogen (secondary N) is 1. The number of rotatable bonds is 8. The van der Waals surface area contributed by atoms with Crippen LogP contribution in [-0.4, -0.2) is 29.1 Å². The first-order valence-electron chi connectivity index (χ1n) is 6.86. The third-order valence-corrected chi connectivity index (χ3v) is 2.88. The molecule has 21 heavy (non-hydrogen) atoms. The summed E-state index contributed by atoms with van der Waals surface area (Å²) >= 11 is 0. The zero-order valence-corrected chi connectivity index (χ0v) is 12.1. The second-order valence-electron chi connectivity index (χ2n) is 4.81. The molecule has 1 rings (SSSR count). The highest BCUT2D eigenvalue weighted by Gasteiger charge is 2.20. The second-order valence-corrected chi connectivity index (χ2v) is 4.81. The summed E-state index contributed by atoms with van der Waals surface area (Å²) in [5.74, 6) is -1.58. The molecule has 0 aromatic heterocycles. The van der Waals surface area contributed by atoms with E-state index in [0.717, 1.165) is 6.42 Å². The molecule has 0 saturated heterocycles. The zero-order valence-electron chi connectivity index (χ0n) is 12.1. The minimum atomic E-state index is -0.965. The van der Waals surface area contributed by atoms with Crippen molar-refractivity contribution < 1.29 is 23.8 Å². The lowest BCUT2D eigenvalue weighted by Crippen LogP contribution is -2.43. The Kier molecular flexibility index (Phi) is 6.65. The summed E-state index contributed by atoms with van der Waals surface area (Å²) in [5.41, 5.74) is 0. The summed E-state index contributed by atoms with van der Waals surface area (Å²) in [6, 6.07) is 5.07. The van der Waals surface area contributed by atoms with Gasteiger partial charge in [0.15, 0.2) is 6.10 Å². The SMILES string of the molecule is CCCC(CC(=O)O)NC(=O)C(C)Oc1cccc(F)c1. The molecule has 0 aliphatic heterocycles. The van der Waals surface area contributed by atoms with E-state index in [-0.39, 0.29) is 12.2 Å². The van der Waals surface area contributed by atoms with Crippen molar-refractivity contribution in [3.8, 4) is 5.75 Å². The lowest BCUT2D eigenvalue weighted by molar-refractivity contribution is -0.138. The van der Waals surface area contributed by atoms with Crippen molar-refractivity contribution in [1.29, 1.82) is 0 Å². The monoisotopic (exact) mass is 297 g/mol. The normalized spacial score (nSPS) is 13.3. The number of carboxylic acids is 1. The first kappa shape index (κ1) is 16.9. The van der Waals surface area contributed by atoms with Crippen LogP contribution in [0.1, 0.15) is 33.1 Å². The number of carboxylic acid groups (broad SMARTS) is 1. The molecule has 0 fully saturated rings. The van der Waals surface area contributed by atoms with E-state index in [4.69, 9.17) is 9.84 Å². The van der Waals surface area contributed by atoms with Gasteiger partial charge < -0.3 is 15.2 Å². The van der Waals surface area contributed by atoms with Crippen molar-refractivity contribution in [3.05, 3.63) is 30.1 Å². The molecule has 0 bridgehead atoms. The van der Waals surface area contributed by atoms with E-state index < -0.39 is 29.8 Å². The molecule has 0 radical (unpaired) electrons. The van der Waals surface area contributed by atoms with Crippen LogP contribution < -0.4 is 10.1 Å². The lowest BCUT2D eigenvalue weighted by atomic mass is 10.1. The maximum absolute atomic E-state index is 13.0. The van der Waals surface area contributed by atoms with E-state index in [1.165, 1.54) is 25.1 Å². The Hall–Kier alpha value is -2.11. The molecule has 2 unspecified atom stereocenters. The lowest BCUT2D eigenvalue weighted by Gasteiger charge is -2.20. The smallest absolute Gasteiger partial charge is 0.305 e.